The second-order valence-corrected chi connectivity index (χ2v) is 5.94. The van der Waals surface area contributed by atoms with E-state index >= 15 is 0 Å². The first-order chi connectivity index (χ1) is 7.72. The van der Waals surface area contributed by atoms with Gasteiger partial charge in [-0.25, -0.2) is 17.9 Å². The Morgan fingerprint density at radius 3 is 2.41 bits per heavy atom. The van der Waals surface area contributed by atoms with E-state index in [1.807, 2.05) is 0 Å². The van der Waals surface area contributed by atoms with Gasteiger partial charge >= 0.3 is 5.69 Å². The zero-order chi connectivity index (χ0) is 13.2. The number of hydrogen-bond acceptors (Lipinski definition) is 6. The molecule has 0 aromatic carbocycles. The Bertz CT molecular complexity index is 628. The molecule has 0 saturated carbocycles. The molecule has 8 nitrogen and oxygen atoms in total. The zero-order valence-corrected chi connectivity index (χ0v) is 10.6. The fourth-order valence-corrected chi connectivity index (χ4v) is 1.64. The highest BCUT2D eigenvalue weighted by Gasteiger charge is 2.09. The Morgan fingerprint density at radius 1 is 1.29 bits per heavy atom. The van der Waals surface area contributed by atoms with Crippen LogP contribution in [0.15, 0.2) is 9.59 Å². The van der Waals surface area contributed by atoms with E-state index in [0.29, 0.717) is 0 Å². The lowest BCUT2D eigenvalue weighted by Crippen LogP contribution is -2.40. The minimum atomic E-state index is -3.10. The van der Waals surface area contributed by atoms with Crippen LogP contribution in [0.5, 0.6) is 0 Å². The van der Waals surface area contributed by atoms with Crippen LogP contribution >= 0.6 is 0 Å². The van der Waals surface area contributed by atoms with Gasteiger partial charge in [0, 0.05) is 26.9 Å². The van der Waals surface area contributed by atoms with Gasteiger partial charge in [0.15, 0.2) is 0 Å². The quantitative estimate of drug-likeness (QED) is 0.669. The molecule has 1 aromatic rings. The maximum absolute atomic E-state index is 11.6. The molecule has 0 aliphatic carbocycles. The van der Waals surface area contributed by atoms with Crippen molar-refractivity contribution in [2.45, 2.75) is 0 Å². The van der Waals surface area contributed by atoms with E-state index in [-0.39, 0.29) is 18.1 Å². The Balaban J connectivity index is 2.94. The summed E-state index contributed by atoms with van der Waals surface area (Å²) in [5.41, 5.74) is -1.12. The highest BCUT2D eigenvalue weighted by Crippen LogP contribution is 1.90. The molecule has 0 radical (unpaired) electrons. The summed E-state index contributed by atoms with van der Waals surface area (Å²) in [6, 6.07) is 0. The number of nitrogens with one attached hydrogen (secondary N) is 1. The number of aromatic nitrogens is 3. The highest BCUT2D eigenvalue weighted by atomic mass is 32.2. The van der Waals surface area contributed by atoms with Crippen molar-refractivity contribution < 1.29 is 8.42 Å². The SMILES string of the molecule is Cn1nc(NCCS(C)(=O)=O)c(=O)n(C)c1=O. The fraction of sp³-hybridized carbons (Fsp3) is 0.625. The average Bonchev–Trinajstić information content (AvgIpc) is 2.21. The second-order valence-electron chi connectivity index (χ2n) is 3.68. The van der Waals surface area contributed by atoms with Gasteiger partial charge in [0.05, 0.1) is 5.75 Å². The van der Waals surface area contributed by atoms with Crippen molar-refractivity contribution in [1.29, 1.82) is 0 Å². The normalized spacial score (nSPS) is 11.5. The van der Waals surface area contributed by atoms with Crippen molar-refractivity contribution in [3.05, 3.63) is 20.8 Å². The van der Waals surface area contributed by atoms with Crippen LogP contribution in [-0.2, 0) is 23.9 Å². The summed E-state index contributed by atoms with van der Waals surface area (Å²) < 4.78 is 23.7. The summed E-state index contributed by atoms with van der Waals surface area (Å²) in [6.07, 6.45) is 1.10. The maximum atomic E-state index is 11.6. The molecule has 1 heterocycles. The summed E-state index contributed by atoms with van der Waals surface area (Å²) in [4.78, 5) is 22.9. The van der Waals surface area contributed by atoms with E-state index in [0.717, 1.165) is 15.5 Å². The molecule has 0 aliphatic rings. The monoisotopic (exact) mass is 262 g/mol. The largest absolute Gasteiger partial charge is 0.363 e. The van der Waals surface area contributed by atoms with Gasteiger partial charge in [-0.05, 0) is 0 Å². The van der Waals surface area contributed by atoms with Gasteiger partial charge < -0.3 is 5.32 Å². The lowest BCUT2D eigenvalue weighted by atomic mass is 10.6. The molecule has 9 heteroatoms. The Morgan fingerprint density at radius 2 is 1.88 bits per heavy atom. The van der Waals surface area contributed by atoms with E-state index in [4.69, 9.17) is 0 Å². The van der Waals surface area contributed by atoms with Crippen LogP contribution in [-0.4, -0.2) is 41.3 Å². The number of sulfone groups is 1. The van der Waals surface area contributed by atoms with E-state index in [1.165, 1.54) is 14.1 Å². The molecule has 96 valence electrons. The summed E-state index contributed by atoms with van der Waals surface area (Å²) in [5.74, 6) is -0.154. The first-order valence-electron chi connectivity index (χ1n) is 4.78. The summed E-state index contributed by atoms with van der Waals surface area (Å²) >= 11 is 0. The lowest BCUT2D eigenvalue weighted by molar-refractivity contribution is 0.599. The molecule has 0 fully saturated rings. The second kappa shape index (κ2) is 4.70. The highest BCUT2D eigenvalue weighted by molar-refractivity contribution is 7.90. The number of nitrogens with zero attached hydrogens (tertiary/aromatic N) is 3. The first-order valence-corrected chi connectivity index (χ1v) is 6.84. The molecule has 0 unspecified atom stereocenters. The van der Waals surface area contributed by atoms with E-state index < -0.39 is 21.1 Å². The van der Waals surface area contributed by atoms with Crippen LogP contribution in [0.2, 0.25) is 0 Å². The smallest absolute Gasteiger partial charge is 0.346 e. The minimum absolute atomic E-state index is 0.0433. The van der Waals surface area contributed by atoms with Crippen molar-refractivity contribution in [3.8, 4) is 0 Å². The predicted octanol–water partition coefficient (Wildman–Crippen LogP) is -2.06. The van der Waals surface area contributed by atoms with Crippen LogP contribution < -0.4 is 16.6 Å². The first kappa shape index (κ1) is 13.4. The van der Waals surface area contributed by atoms with Gasteiger partial charge in [-0.15, -0.1) is 5.10 Å². The Kier molecular flexibility index (Phi) is 3.71. The predicted molar refractivity (Wildman–Crippen MR) is 62.9 cm³/mol. The van der Waals surface area contributed by atoms with Crippen LogP contribution in [0.3, 0.4) is 0 Å². The van der Waals surface area contributed by atoms with Crippen LogP contribution in [0.4, 0.5) is 5.82 Å². The number of anilines is 1. The molecule has 1 aromatic heterocycles. The molecule has 0 bridgehead atoms. The molecule has 0 spiro atoms. The molecule has 17 heavy (non-hydrogen) atoms. The molecule has 1 rings (SSSR count). The number of hydrogen-bond donors (Lipinski definition) is 1. The molecular formula is C8H14N4O4S. The maximum Gasteiger partial charge on any atom is 0.346 e. The van der Waals surface area contributed by atoms with Crippen LogP contribution in [0.1, 0.15) is 0 Å². The van der Waals surface area contributed by atoms with Gasteiger partial charge in [-0.3, -0.25) is 9.36 Å². The summed E-state index contributed by atoms with van der Waals surface area (Å²) in [7, 11) is -0.369. The van der Waals surface area contributed by atoms with Gasteiger partial charge in [0.25, 0.3) is 5.56 Å². The number of aryl methyl sites for hydroxylation is 1. The van der Waals surface area contributed by atoms with E-state index in [1.54, 1.807) is 0 Å². The van der Waals surface area contributed by atoms with Crippen molar-refractivity contribution in [3.63, 3.8) is 0 Å². The van der Waals surface area contributed by atoms with E-state index in [2.05, 4.69) is 10.4 Å². The molecule has 0 amide bonds. The molecule has 1 N–H and O–H groups in total. The topological polar surface area (TPSA) is 103 Å². The molecule has 0 aliphatic heterocycles. The van der Waals surface area contributed by atoms with Crippen molar-refractivity contribution >= 4 is 15.7 Å². The Labute approximate surface area is 97.8 Å². The van der Waals surface area contributed by atoms with Crippen LogP contribution in [0.25, 0.3) is 0 Å². The molecule has 0 saturated heterocycles. The third-order valence-corrected chi connectivity index (χ3v) is 3.03. The van der Waals surface area contributed by atoms with Gasteiger partial charge in [-0.2, -0.15) is 0 Å². The zero-order valence-electron chi connectivity index (χ0n) is 9.80. The fourth-order valence-electron chi connectivity index (χ4n) is 1.16. The minimum Gasteiger partial charge on any atom is -0.363 e. The van der Waals surface area contributed by atoms with Crippen molar-refractivity contribution in [2.24, 2.45) is 14.1 Å². The van der Waals surface area contributed by atoms with Gasteiger partial charge in [-0.1, -0.05) is 0 Å². The third kappa shape index (κ3) is 3.41. The molecular weight excluding hydrogens is 248 g/mol. The van der Waals surface area contributed by atoms with Gasteiger partial charge in [0.2, 0.25) is 5.82 Å². The average molecular weight is 262 g/mol. The molecule has 0 atom stereocenters. The van der Waals surface area contributed by atoms with Crippen molar-refractivity contribution in [1.82, 2.24) is 14.3 Å². The lowest BCUT2D eigenvalue weighted by Gasteiger charge is -2.07. The van der Waals surface area contributed by atoms with E-state index in [9.17, 15) is 18.0 Å². The van der Waals surface area contributed by atoms with Crippen molar-refractivity contribution in [2.75, 3.05) is 23.9 Å². The van der Waals surface area contributed by atoms with Crippen LogP contribution in [0, 0.1) is 0 Å². The third-order valence-electron chi connectivity index (χ3n) is 2.09. The standard InChI is InChI=1S/C8H14N4O4S/c1-11-7(13)6(10-12(2)8(11)14)9-4-5-17(3,15)16/h4-5H2,1-3H3,(H,9,10). The Hall–Kier alpha value is -1.64. The number of rotatable bonds is 4. The summed E-state index contributed by atoms with van der Waals surface area (Å²) in [5, 5.41) is 6.31. The summed E-state index contributed by atoms with van der Waals surface area (Å²) in [6.45, 7) is 0.0687. The van der Waals surface area contributed by atoms with Gasteiger partial charge in [0.1, 0.15) is 9.84 Å².